The van der Waals surface area contributed by atoms with Gasteiger partial charge in [0.2, 0.25) is 0 Å². The number of halogens is 1. The van der Waals surface area contributed by atoms with E-state index in [4.69, 9.17) is 11.6 Å². The van der Waals surface area contributed by atoms with E-state index >= 15 is 0 Å². The monoisotopic (exact) mass is 271 g/mol. The quantitative estimate of drug-likeness (QED) is 0.782. The molecule has 4 nitrogen and oxygen atoms in total. The van der Waals surface area contributed by atoms with Gasteiger partial charge in [0.1, 0.15) is 16.8 Å². The first-order valence-corrected chi connectivity index (χ1v) is 7.36. The van der Waals surface area contributed by atoms with E-state index in [1.807, 2.05) is 0 Å². The summed E-state index contributed by atoms with van der Waals surface area (Å²) >= 11 is 5.93. The van der Waals surface area contributed by atoms with Crippen molar-refractivity contribution in [1.82, 2.24) is 9.71 Å². The lowest BCUT2D eigenvalue weighted by Crippen LogP contribution is -2.44. The van der Waals surface area contributed by atoms with Crippen LogP contribution in [0.1, 0.15) is 19.3 Å². The molecule has 1 fully saturated rings. The molecule has 6 heteroatoms. The Balaban J connectivity index is 2.08. The summed E-state index contributed by atoms with van der Waals surface area (Å²) in [5.74, 6) is 0.836. The van der Waals surface area contributed by atoms with Gasteiger partial charge in [-0.2, -0.15) is 0 Å². The van der Waals surface area contributed by atoms with Crippen LogP contribution < -0.4 is 9.62 Å². The molecule has 0 amide bonds. The molecule has 1 saturated heterocycles. The molecule has 2 aliphatic rings. The van der Waals surface area contributed by atoms with E-state index in [-0.39, 0.29) is 0 Å². The first-order valence-electron chi connectivity index (χ1n) is 5.83. The molecule has 0 spiro atoms. The number of hydrogen-bond acceptors (Lipinski definition) is 3. The van der Waals surface area contributed by atoms with Crippen LogP contribution in [-0.4, -0.2) is 28.3 Å². The molecule has 3 heterocycles. The van der Waals surface area contributed by atoms with Gasteiger partial charge in [-0.1, -0.05) is 11.6 Å². The van der Waals surface area contributed by atoms with Crippen LogP contribution >= 0.6 is 11.6 Å². The fourth-order valence-electron chi connectivity index (χ4n) is 2.51. The maximum absolute atomic E-state index is 12.1. The summed E-state index contributed by atoms with van der Waals surface area (Å²) < 4.78 is 15.1. The minimum atomic E-state index is -1.20. The summed E-state index contributed by atoms with van der Waals surface area (Å²) in [5.41, 5.74) is 0. The average molecular weight is 272 g/mol. The lowest BCUT2D eigenvalue weighted by Gasteiger charge is -2.35. The third kappa shape index (κ3) is 2.07. The first-order chi connectivity index (χ1) is 8.25. The minimum absolute atomic E-state index is 0.405. The first kappa shape index (κ1) is 11.4. The molecule has 92 valence electrons. The van der Waals surface area contributed by atoms with E-state index in [1.54, 1.807) is 12.3 Å². The Morgan fingerprint density at radius 3 is 3.29 bits per heavy atom. The van der Waals surface area contributed by atoms with Crippen LogP contribution in [0.2, 0.25) is 5.02 Å². The van der Waals surface area contributed by atoms with E-state index < -0.39 is 11.0 Å². The van der Waals surface area contributed by atoms with Crippen molar-refractivity contribution in [3.63, 3.8) is 0 Å². The Hall–Kier alpha value is -0.650. The summed E-state index contributed by atoms with van der Waals surface area (Å²) in [6, 6.07) is 2.16. The van der Waals surface area contributed by atoms with E-state index in [1.165, 1.54) is 12.8 Å². The van der Waals surface area contributed by atoms with Gasteiger partial charge in [0.25, 0.3) is 0 Å². The highest BCUT2D eigenvalue weighted by molar-refractivity contribution is 7.83. The number of nitrogens with one attached hydrogen (secondary N) is 1. The minimum Gasteiger partial charge on any atom is -0.351 e. The molecule has 2 atom stereocenters. The van der Waals surface area contributed by atoms with Gasteiger partial charge in [0.05, 0.1) is 9.92 Å². The topological polar surface area (TPSA) is 45.2 Å². The maximum atomic E-state index is 12.1. The van der Waals surface area contributed by atoms with Crippen molar-refractivity contribution < 1.29 is 4.21 Å². The van der Waals surface area contributed by atoms with E-state index in [0.717, 1.165) is 25.3 Å². The van der Waals surface area contributed by atoms with E-state index in [2.05, 4.69) is 14.6 Å². The smallest absolute Gasteiger partial charge is 0.146 e. The zero-order valence-corrected chi connectivity index (χ0v) is 10.9. The third-order valence-corrected chi connectivity index (χ3v) is 4.68. The van der Waals surface area contributed by atoms with Crippen LogP contribution in [0, 0.1) is 0 Å². The van der Waals surface area contributed by atoms with E-state index in [0.29, 0.717) is 16.0 Å². The second-order valence-electron chi connectivity index (χ2n) is 4.44. The maximum Gasteiger partial charge on any atom is 0.146 e. The Kier molecular flexibility index (Phi) is 3.06. The van der Waals surface area contributed by atoms with Gasteiger partial charge in [-0.25, -0.2) is 13.9 Å². The largest absolute Gasteiger partial charge is 0.351 e. The number of pyridine rings is 1. The Morgan fingerprint density at radius 1 is 1.53 bits per heavy atom. The van der Waals surface area contributed by atoms with Gasteiger partial charge in [0, 0.05) is 25.3 Å². The second-order valence-corrected chi connectivity index (χ2v) is 6.14. The SMILES string of the molecule is O=S1NCC2CCCCN2c2ncc(Cl)cc21. The van der Waals surface area contributed by atoms with Crippen molar-refractivity contribution in [2.24, 2.45) is 0 Å². The van der Waals surface area contributed by atoms with Crippen LogP contribution in [-0.2, 0) is 11.0 Å². The third-order valence-electron chi connectivity index (χ3n) is 3.35. The number of hydrogen-bond donors (Lipinski definition) is 1. The van der Waals surface area contributed by atoms with Crippen molar-refractivity contribution in [1.29, 1.82) is 0 Å². The summed E-state index contributed by atoms with van der Waals surface area (Å²) in [6.07, 6.45) is 5.17. The van der Waals surface area contributed by atoms with Crippen molar-refractivity contribution in [2.45, 2.75) is 30.2 Å². The molecule has 0 saturated carbocycles. The Labute approximate surface area is 108 Å². The molecule has 0 bridgehead atoms. The number of rotatable bonds is 0. The zero-order chi connectivity index (χ0) is 11.8. The number of piperidine rings is 1. The van der Waals surface area contributed by atoms with Gasteiger partial charge in [0.15, 0.2) is 0 Å². The fraction of sp³-hybridized carbons (Fsp3) is 0.545. The van der Waals surface area contributed by atoms with Crippen molar-refractivity contribution in [3.05, 3.63) is 17.3 Å². The van der Waals surface area contributed by atoms with Crippen molar-refractivity contribution in [3.8, 4) is 0 Å². The molecule has 3 rings (SSSR count). The molecule has 1 N–H and O–H groups in total. The molecule has 2 unspecified atom stereocenters. The molecule has 0 aliphatic carbocycles. The molecule has 2 aliphatic heterocycles. The summed E-state index contributed by atoms with van der Waals surface area (Å²) in [6.45, 7) is 1.74. The summed E-state index contributed by atoms with van der Waals surface area (Å²) in [7, 11) is -1.20. The normalized spacial score (nSPS) is 28.2. The number of anilines is 1. The average Bonchev–Trinajstić information content (AvgIpc) is 2.48. The van der Waals surface area contributed by atoms with Crippen LogP contribution in [0.3, 0.4) is 0 Å². The highest BCUT2D eigenvalue weighted by atomic mass is 35.5. The number of fused-ring (bicyclic) bond motifs is 3. The van der Waals surface area contributed by atoms with Crippen molar-refractivity contribution >= 4 is 28.4 Å². The molecule has 1 aromatic heterocycles. The highest BCUT2D eigenvalue weighted by Gasteiger charge is 2.30. The predicted octanol–water partition coefficient (Wildman–Crippen LogP) is 1.72. The number of nitrogens with zero attached hydrogens (tertiary/aromatic N) is 2. The van der Waals surface area contributed by atoms with Gasteiger partial charge in [-0.05, 0) is 25.3 Å². The van der Waals surface area contributed by atoms with Crippen LogP contribution in [0.15, 0.2) is 17.2 Å². The molecule has 0 radical (unpaired) electrons. The lowest BCUT2D eigenvalue weighted by atomic mass is 10.0. The molecular weight excluding hydrogens is 258 g/mol. The van der Waals surface area contributed by atoms with E-state index in [9.17, 15) is 4.21 Å². The second kappa shape index (κ2) is 4.55. The molecule has 0 aromatic carbocycles. The van der Waals surface area contributed by atoms with Gasteiger partial charge >= 0.3 is 0 Å². The van der Waals surface area contributed by atoms with Gasteiger partial charge < -0.3 is 4.90 Å². The fourth-order valence-corrected chi connectivity index (χ4v) is 3.80. The van der Waals surface area contributed by atoms with Crippen LogP contribution in [0.4, 0.5) is 5.82 Å². The molecular formula is C11H14ClN3OS. The highest BCUT2D eigenvalue weighted by Crippen LogP contribution is 2.31. The molecule has 1 aromatic rings. The zero-order valence-electron chi connectivity index (χ0n) is 9.36. The summed E-state index contributed by atoms with van der Waals surface area (Å²) in [4.78, 5) is 7.36. The summed E-state index contributed by atoms with van der Waals surface area (Å²) in [5, 5.41) is 0.536. The standard InChI is InChI=1S/C11H14ClN3OS/c12-8-5-10-11(13-6-8)15-4-2-1-3-9(15)7-14-17(10)16/h5-6,9,14H,1-4,7H2. The number of aromatic nitrogens is 1. The molecule has 17 heavy (non-hydrogen) atoms. The van der Waals surface area contributed by atoms with Crippen LogP contribution in [0.5, 0.6) is 0 Å². The van der Waals surface area contributed by atoms with Gasteiger partial charge in [-0.3, -0.25) is 0 Å². The Bertz CT molecular complexity index is 468. The Morgan fingerprint density at radius 2 is 2.41 bits per heavy atom. The van der Waals surface area contributed by atoms with Gasteiger partial charge in [-0.15, -0.1) is 0 Å². The van der Waals surface area contributed by atoms with Crippen molar-refractivity contribution in [2.75, 3.05) is 18.0 Å². The lowest BCUT2D eigenvalue weighted by molar-refractivity contribution is 0.456. The van der Waals surface area contributed by atoms with Crippen LogP contribution in [0.25, 0.3) is 0 Å². The predicted molar refractivity (Wildman–Crippen MR) is 68.6 cm³/mol.